The topological polar surface area (TPSA) is 105 Å². The molecule has 1 saturated heterocycles. The smallest absolute Gasteiger partial charge is 0.322 e. The molecule has 1 aliphatic heterocycles. The van der Waals surface area contributed by atoms with Gasteiger partial charge >= 0.3 is 6.01 Å². The first-order valence-electron chi connectivity index (χ1n) is 9.60. The number of benzene rings is 1. The fraction of sp³-hybridized carbons (Fsp3) is 0.350. The van der Waals surface area contributed by atoms with Gasteiger partial charge in [0.15, 0.2) is 0 Å². The van der Waals surface area contributed by atoms with Gasteiger partial charge in [-0.2, -0.15) is 15.6 Å². The van der Waals surface area contributed by atoms with Crippen molar-refractivity contribution in [3.05, 3.63) is 46.7 Å². The zero-order valence-electron chi connectivity index (χ0n) is 16.6. The third kappa shape index (κ3) is 4.30. The van der Waals surface area contributed by atoms with Crippen molar-refractivity contribution in [2.75, 3.05) is 18.4 Å². The average Bonchev–Trinajstić information content (AvgIpc) is 3.39. The second-order valence-electron chi connectivity index (χ2n) is 7.67. The maximum Gasteiger partial charge on any atom is 0.322 e. The minimum atomic E-state index is -3.59. The standard InChI is InChI=1S/C20H22N4O4S2/c1-13-9-14(2)11-24(10-13)30(26,27)17-5-3-15(4-6-17)18(25)21-20-23-22-19(28-20)16-7-8-29-12-16/h3-8,12-14H,9-11H2,1-2H3,(H,21,23,25). The molecule has 2 atom stereocenters. The van der Waals surface area contributed by atoms with Crippen molar-refractivity contribution in [1.82, 2.24) is 14.5 Å². The summed E-state index contributed by atoms with van der Waals surface area (Å²) in [5.74, 6) is 0.501. The molecular formula is C20H22N4O4S2. The van der Waals surface area contributed by atoms with Crippen LogP contribution >= 0.6 is 11.3 Å². The molecule has 1 fully saturated rings. The van der Waals surface area contributed by atoms with E-state index >= 15 is 0 Å². The van der Waals surface area contributed by atoms with Gasteiger partial charge in [-0.1, -0.05) is 18.9 Å². The van der Waals surface area contributed by atoms with E-state index in [9.17, 15) is 13.2 Å². The Balaban J connectivity index is 1.46. The molecule has 0 bridgehead atoms. The predicted octanol–water partition coefficient (Wildman–Crippen LogP) is 3.72. The second-order valence-corrected chi connectivity index (χ2v) is 10.4. The summed E-state index contributed by atoms with van der Waals surface area (Å²) in [6.07, 6.45) is 1.02. The van der Waals surface area contributed by atoms with Gasteiger partial charge in [0.25, 0.3) is 11.8 Å². The number of piperidine rings is 1. The number of sulfonamides is 1. The van der Waals surface area contributed by atoms with Crippen LogP contribution in [0.1, 0.15) is 30.6 Å². The van der Waals surface area contributed by atoms with E-state index in [2.05, 4.69) is 29.4 Å². The van der Waals surface area contributed by atoms with Crippen LogP contribution in [0.25, 0.3) is 11.5 Å². The van der Waals surface area contributed by atoms with Gasteiger partial charge < -0.3 is 4.42 Å². The molecular weight excluding hydrogens is 424 g/mol. The maximum absolute atomic E-state index is 13.0. The zero-order valence-corrected chi connectivity index (χ0v) is 18.2. The summed E-state index contributed by atoms with van der Waals surface area (Å²) in [5.41, 5.74) is 1.08. The molecule has 8 nitrogen and oxygen atoms in total. The molecule has 1 aliphatic rings. The van der Waals surface area contributed by atoms with Crippen molar-refractivity contribution in [2.24, 2.45) is 11.8 Å². The lowest BCUT2D eigenvalue weighted by atomic mass is 9.94. The van der Waals surface area contributed by atoms with Crippen LogP contribution in [0.4, 0.5) is 6.01 Å². The number of rotatable bonds is 5. The number of thiophene rings is 1. The summed E-state index contributed by atoms with van der Waals surface area (Å²) < 4.78 is 32.9. The highest BCUT2D eigenvalue weighted by atomic mass is 32.2. The van der Waals surface area contributed by atoms with Crippen molar-refractivity contribution in [3.63, 3.8) is 0 Å². The first-order chi connectivity index (χ1) is 14.3. The molecule has 0 saturated carbocycles. The van der Waals surface area contributed by atoms with Gasteiger partial charge in [0.05, 0.1) is 4.90 Å². The SMILES string of the molecule is CC1CC(C)CN(S(=O)(=O)c2ccc(C(=O)Nc3nnc(-c4ccsc4)o3)cc2)C1. The third-order valence-corrected chi connectivity index (χ3v) is 7.53. The molecule has 1 N–H and O–H groups in total. The fourth-order valence-electron chi connectivity index (χ4n) is 3.68. The fourth-order valence-corrected chi connectivity index (χ4v) is 5.98. The number of carbonyl (C=O) groups is 1. The van der Waals surface area contributed by atoms with Crippen LogP contribution in [-0.2, 0) is 10.0 Å². The monoisotopic (exact) mass is 446 g/mol. The van der Waals surface area contributed by atoms with Crippen LogP contribution in [0.3, 0.4) is 0 Å². The van der Waals surface area contributed by atoms with Crippen molar-refractivity contribution in [2.45, 2.75) is 25.2 Å². The summed E-state index contributed by atoms with van der Waals surface area (Å²) in [6.45, 7) is 5.15. The molecule has 0 radical (unpaired) electrons. The molecule has 2 unspecified atom stereocenters. The van der Waals surface area contributed by atoms with Crippen molar-refractivity contribution < 1.29 is 17.6 Å². The van der Waals surface area contributed by atoms with Gasteiger partial charge in [-0.25, -0.2) is 8.42 Å². The first kappa shape index (κ1) is 20.7. The van der Waals surface area contributed by atoms with Crippen molar-refractivity contribution in [1.29, 1.82) is 0 Å². The highest BCUT2D eigenvalue weighted by Crippen LogP contribution is 2.27. The lowest BCUT2D eigenvalue weighted by Gasteiger charge is -2.34. The number of hydrogen-bond donors (Lipinski definition) is 1. The third-order valence-electron chi connectivity index (χ3n) is 5.00. The molecule has 4 rings (SSSR count). The Morgan fingerprint density at radius 1 is 1.13 bits per heavy atom. The van der Waals surface area contributed by atoms with Gasteiger partial charge in [-0.3, -0.25) is 10.1 Å². The maximum atomic E-state index is 13.0. The minimum absolute atomic E-state index is 0.0193. The number of aromatic nitrogens is 2. The Kier molecular flexibility index (Phi) is 5.72. The predicted molar refractivity (Wildman–Crippen MR) is 114 cm³/mol. The molecule has 2 aromatic heterocycles. The lowest BCUT2D eigenvalue weighted by Crippen LogP contribution is -2.42. The molecule has 3 heterocycles. The summed E-state index contributed by atoms with van der Waals surface area (Å²) in [4.78, 5) is 12.6. The summed E-state index contributed by atoms with van der Waals surface area (Å²) in [5, 5.41) is 14.0. The molecule has 30 heavy (non-hydrogen) atoms. The molecule has 158 valence electrons. The highest BCUT2D eigenvalue weighted by molar-refractivity contribution is 7.89. The van der Waals surface area contributed by atoms with E-state index in [-0.39, 0.29) is 10.9 Å². The lowest BCUT2D eigenvalue weighted by molar-refractivity contribution is 0.102. The molecule has 3 aromatic rings. The van der Waals surface area contributed by atoms with Crippen LogP contribution in [0.2, 0.25) is 0 Å². The van der Waals surface area contributed by atoms with Gasteiger partial charge in [0, 0.05) is 29.6 Å². The van der Waals surface area contributed by atoms with E-state index in [1.807, 2.05) is 16.8 Å². The van der Waals surface area contributed by atoms with Crippen molar-refractivity contribution >= 4 is 33.3 Å². The Bertz CT molecular complexity index is 1110. The number of nitrogens with one attached hydrogen (secondary N) is 1. The van der Waals surface area contributed by atoms with E-state index in [4.69, 9.17) is 4.42 Å². The van der Waals surface area contributed by atoms with Crippen molar-refractivity contribution in [3.8, 4) is 11.5 Å². The molecule has 0 spiro atoms. The van der Waals surface area contributed by atoms with Crippen LogP contribution in [-0.4, -0.2) is 41.9 Å². The largest absolute Gasteiger partial charge is 0.403 e. The Labute approximate surface area is 179 Å². The average molecular weight is 447 g/mol. The number of carbonyl (C=O) groups excluding carboxylic acids is 1. The van der Waals surface area contributed by atoms with Gasteiger partial charge in [0.1, 0.15) is 0 Å². The van der Waals surface area contributed by atoms with E-state index < -0.39 is 15.9 Å². The van der Waals surface area contributed by atoms with Gasteiger partial charge in [-0.15, -0.1) is 5.10 Å². The highest BCUT2D eigenvalue weighted by Gasteiger charge is 2.31. The van der Waals surface area contributed by atoms with Gasteiger partial charge in [0.2, 0.25) is 10.0 Å². The van der Waals surface area contributed by atoms with E-state index in [0.717, 1.165) is 12.0 Å². The number of nitrogens with zero attached hydrogens (tertiary/aromatic N) is 3. The van der Waals surface area contributed by atoms with Crippen LogP contribution in [0, 0.1) is 11.8 Å². The molecule has 10 heteroatoms. The summed E-state index contributed by atoms with van der Waals surface area (Å²) >= 11 is 1.50. The number of amides is 1. The second kappa shape index (κ2) is 8.29. The molecule has 1 aromatic carbocycles. The van der Waals surface area contributed by atoms with E-state index in [0.29, 0.717) is 36.4 Å². The summed E-state index contributed by atoms with van der Waals surface area (Å²) in [6, 6.07) is 7.70. The summed E-state index contributed by atoms with van der Waals surface area (Å²) in [7, 11) is -3.59. The quantitative estimate of drug-likeness (QED) is 0.640. The molecule has 0 aliphatic carbocycles. The number of hydrogen-bond acceptors (Lipinski definition) is 7. The Hall–Kier alpha value is -2.56. The van der Waals surface area contributed by atoms with Crippen LogP contribution in [0.15, 0.2) is 50.4 Å². The zero-order chi connectivity index (χ0) is 21.3. The van der Waals surface area contributed by atoms with E-state index in [1.54, 1.807) is 0 Å². The van der Waals surface area contributed by atoms with Crippen LogP contribution < -0.4 is 5.32 Å². The Morgan fingerprint density at radius 3 is 2.47 bits per heavy atom. The van der Waals surface area contributed by atoms with Crippen LogP contribution in [0.5, 0.6) is 0 Å². The normalized spacial score (nSPS) is 20.2. The first-order valence-corrected chi connectivity index (χ1v) is 12.0. The van der Waals surface area contributed by atoms with Gasteiger partial charge in [-0.05, 0) is 54.0 Å². The number of anilines is 1. The minimum Gasteiger partial charge on any atom is -0.403 e. The Morgan fingerprint density at radius 2 is 1.83 bits per heavy atom. The molecule has 1 amide bonds. The van der Waals surface area contributed by atoms with E-state index in [1.165, 1.54) is 39.9 Å².